The van der Waals surface area contributed by atoms with Crippen LogP contribution in [0.15, 0.2) is 42.5 Å². The topological polar surface area (TPSA) is 84.5 Å². The van der Waals surface area contributed by atoms with E-state index in [1.807, 2.05) is 5.32 Å². The molecule has 0 aliphatic carbocycles. The highest BCUT2D eigenvalue weighted by Crippen LogP contribution is 2.17. The zero-order valence-electron chi connectivity index (χ0n) is 13.9. The Kier molecular flexibility index (Phi) is 7.25. The zero-order valence-corrected chi connectivity index (χ0v) is 14.7. The first-order valence-corrected chi connectivity index (χ1v) is 8.18. The lowest BCUT2D eigenvalue weighted by Crippen LogP contribution is -2.27. The van der Waals surface area contributed by atoms with Gasteiger partial charge in [-0.05, 0) is 36.4 Å². The summed E-state index contributed by atoms with van der Waals surface area (Å²) in [5.41, 5.74) is -0.243. The van der Waals surface area contributed by atoms with Gasteiger partial charge >= 0.3 is 5.97 Å². The van der Waals surface area contributed by atoms with Crippen molar-refractivity contribution in [3.63, 3.8) is 0 Å². The first-order chi connectivity index (χ1) is 12.9. The number of para-hydroxylation sites is 1. The molecular formula is C18H15ClF2N2O4. The predicted molar refractivity (Wildman–Crippen MR) is 94.3 cm³/mol. The molecule has 0 unspecified atom stereocenters. The molecule has 2 N–H and O–H groups in total. The van der Waals surface area contributed by atoms with Gasteiger partial charge in [-0.15, -0.1) is 0 Å². The summed E-state index contributed by atoms with van der Waals surface area (Å²) in [5, 5.41) is 4.99. The lowest BCUT2D eigenvalue weighted by molar-refractivity contribution is -0.147. The Morgan fingerprint density at radius 2 is 1.63 bits per heavy atom. The first-order valence-electron chi connectivity index (χ1n) is 7.80. The van der Waals surface area contributed by atoms with E-state index in [4.69, 9.17) is 16.3 Å². The molecule has 2 aromatic rings. The molecule has 27 heavy (non-hydrogen) atoms. The van der Waals surface area contributed by atoms with Crippen LogP contribution >= 0.6 is 11.6 Å². The summed E-state index contributed by atoms with van der Waals surface area (Å²) < 4.78 is 31.5. The van der Waals surface area contributed by atoms with Gasteiger partial charge in [-0.25, -0.2) is 8.78 Å². The molecule has 0 spiro atoms. The molecule has 6 nitrogen and oxygen atoms in total. The van der Waals surface area contributed by atoms with E-state index in [2.05, 4.69) is 5.32 Å². The number of amides is 2. The predicted octanol–water partition coefficient (Wildman–Crippen LogP) is 2.92. The Bertz CT molecular complexity index is 824. The molecule has 142 valence electrons. The molecule has 0 saturated carbocycles. The summed E-state index contributed by atoms with van der Waals surface area (Å²) in [6.07, 6.45) is -0.180. The summed E-state index contributed by atoms with van der Waals surface area (Å²) in [4.78, 5) is 35.0. The average molecular weight is 397 g/mol. The molecule has 9 heteroatoms. The van der Waals surface area contributed by atoms with Crippen LogP contribution < -0.4 is 10.6 Å². The van der Waals surface area contributed by atoms with Crippen LogP contribution in [0.25, 0.3) is 0 Å². The van der Waals surface area contributed by atoms with Gasteiger partial charge in [0.1, 0.15) is 17.3 Å². The minimum Gasteiger partial charge on any atom is -0.456 e. The quantitative estimate of drug-likeness (QED) is 0.705. The van der Waals surface area contributed by atoms with E-state index in [-0.39, 0.29) is 13.0 Å². The summed E-state index contributed by atoms with van der Waals surface area (Å²) in [6, 6.07) is 9.29. The maximum Gasteiger partial charge on any atom is 0.308 e. The molecule has 2 rings (SSSR count). The van der Waals surface area contributed by atoms with E-state index in [0.717, 1.165) is 18.2 Å². The Hall–Kier alpha value is -3.00. The third-order valence-electron chi connectivity index (χ3n) is 3.31. The van der Waals surface area contributed by atoms with Gasteiger partial charge in [0, 0.05) is 17.1 Å². The number of nitrogens with one attached hydrogen (secondary N) is 2. The van der Waals surface area contributed by atoms with Gasteiger partial charge < -0.3 is 15.4 Å². The monoisotopic (exact) mass is 396 g/mol. The number of benzene rings is 2. The van der Waals surface area contributed by atoms with Gasteiger partial charge in [-0.1, -0.05) is 17.7 Å². The number of ether oxygens (including phenoxy) is 1. The van der Waals surface area contributed by atoms with Crippen molar-refractivity contribution in [3.8, 4) is 0 Å². The SMILES string of the molecule is O=C(COC(=O)CCNC(=O)c1ccc(Cl)cc1)Nc1c(F)cccc1F. The Morgan fingerprint density at radius 1 is 1.00 bits per heavy atom. The van der Waals surface area contributed by atoms with Gasteiger partial charge in [0.2, 0.25) is 0 Å². The van der Waals surface area contributed by atoms with Crippen molar-refractivity contribution in [2.75, 3.05) is 18.5 Å². The van der Waals surface area contributed by atoms with Crippen molar-refractivity contribution in [2.45, 2.75) is 6.42 Å². The fourth-order valence-corrected chi connectivity index (χ4v) is 2.12. The summed E-state index contributed by atoms with van der Waals surface area (Å²) in [6.45, 7) is -0.721. The number of rotatable bonds is 7. The summed E-state index contributed by atoms with van der Waals surface area (Å²) in [5.74, 6) is -3.93. The smallest absolute Gasteiger partial charge is 0.308 e. The molecule has 0 aliphatic heterocycles. The lowest BCUT2D eigenvalue weighted by atomic mass is 10.2. The molecule has 0 heterocycles. The molecule has 0 atom stereocenters. The fraction of sp³-hybridized carbons (Fsp3) is 0.167. The van der Waals surface area contributed by atoms with Crippen LogP contribution in [0, 0.1) is 11.6 Å². The number of anilines is 1. The third kappa shape index (κ3) is 6.34. The normalized spacial score (nSPS) is 10.2. The van der Waals surface area contributed by atoms with Gasteiger partial charge in [0.25, 0.3) is 11.8 Å². The lowest BCUT2D eigenvalue weighted by Gasteiger charge is -2.08. The Balaban J connectivity index is 1.70. The highest BCUT2D eigenvalue weighted by molar-refractivity contribution is 6.30. The minimum atomic E-state index is -0.945. The van der Waals surface area contributed by atoms with Crippen LogP contribution in [0.5, 0.6) is 0 Å². The van der Waals surface area contributed by atoms with E-state index in [0.29, 0.717) is 10.6 Å². The number of carbonyl (C=O) groups excluding carboxylic acids is 3. The second-order valence-electron chi connectivity index (χ2n) is 5.32. The van der Waals surface area contributed by atoms with Crippen molar-refractivity contribution in [2.24, 2.45) is 0 Å². The molecule has 0 bridgehead atoms. The van der Waals surface area contributed by atoms with Crippen LogP contribution in [0.3, 0.4) is 0 Å². The van der Waals surface area contributed by atoms with Crippen molar-refractivity contribution >= 4 is 35.1 Å². The third-order valence-corrected chi connectivity index (χ3v) is 3.56. The first kappa shape index (κ1) is 20.3. The van der Waals surface area contributed by atoms with Crippen LogP contribution in [0.4, 0.5) is 14.5 Å². The van der Waals surface area contributed by atoms with Crippen LogP contribution in [0.1, 0.15) is 16.8 Å². The average Bonchev–Trinajstić information content (AvgIpc) is 2.63. The molecule has 2 amide bonds. The van der Waals surface area contributed by atoms with E-state index in [1.54, 1.807) is 12.1 Å². The summed E-state index contributed by atoms with van der Waals surface area (Å²) in [7, 11) is 0. The van der Waals surface area contributed by atoms with Crippen molar-refractivity contribution in [1.29, 1.82) is 0 Å². The Labute approximate surface area is 158 Å². The fourth-order valence-electron chi connectivity index (χ4n) is 1.99. The second-order valence-corrected chi connectivity index (χ2v) is 5.75. The highest BCUT2D eigenvalue weighted by Gasteiger charge is 2.14. The van der Waals surface area contributed by atoms with Crippen LogP contribution in [-0.2, 0) is 14.3 Å². The zero-order chi connectivity index (χ0) is 19.8. The van der Waals surface area contributed by atoms with Crippen LogP contribution in [0.2, 0.25) is 5.02 Å². The molecule has 2 aromatic carbocycles. The van der Waals surface area contributed by atoms with Crippen molar-refractivity contribution in [1.82, 2.24) is 5.32 Å². The van der Waals surface area contributed by atoms with Gasteiger partial charge in [-0.3, -0.25) is 14.4 Å². The van der Waals surface area contributed by atoms with Crippen molar-refractivity contribution in [3.05, 3.63) is 64.7 Å². The van der Waals surface area contributed by atoms with Gasteiger partial charge in [0.15, 0.2) is 6.61 Å². The highest BCUT2D eigenvalue weighted by atomic mass is 35.5. The molecule has 0 saturated heterocycles. The minimum absolute atomic E-state index is 0.0101. The molecule has 0 radical (unpaired) electrons. The summed E-state index contributed by atoms with van der Waals surface area (Å²) >= 11 is 5.72. The molecular weight excluding hydrogens is 382 g/mol. The second kappa shape index (κ2) is 9.63. The van der Waals surface area contributed by atoms with E-state index in [9.17, 15) is 23.2 Å². The Morgan fingerprint density at radius 3 is 2.26 bits per heavy atom. The largest absolute Gasteiger partial charge is 0.456 e. The maximum absolute atomic E-state index is 13.4. The van der Waals surface area contributed by atoms with Crippen molar-refractivity contribution < 1.29 is 27.9 Å². The molecule has 0 aromatic heterocycles. The van der Waals surface area contributed by atoms with Gasteiger partial charge in [-0.2, -0.15) is 0 Å². The molecule has 0 aliphatic rings. The number of carbonyl (C=O) groups is 3. The van der Waals surface area contributed by atoms with E-state index >= 15 is 0 Å². The standard InChI is InChI=1S/C18H15ClF2N2O4/c19-12-6-4-11(5-7-12)18(26)22-9-8-16(25)27-10-15(24)23-17-13(20)2-1-3-14(17)21/h1-7H,8-10H2,(H,22,26)(H,23,24). The maximum atomic E-state index is 13.4. The van der Waals surface area contributed by atoms with Gasteiger partial charge in [0.05, 0.1) is 6.42 Å². The number of esters is 1. The number of hydrogen-bond acceptors (Lipinski definition) is 4. The van der Waals surface area contributed by atoms with E-state index in [1.165, 1.54) is 12.1 Å². The number of hydrogen-bond donors (Lipinski definition) is 2. The molecule has 0 fully saturated rings. The van der Waals surface area contributed by atoms with Crippen LogP contribution in [-0.4, -0.2) is 30.9 Å². The number of halogens is 3. The van der Waals surface area contributed by atoms with E-state index < -0.39 is 41.7 Å².